The van der Waals surface area contributed by atoms with Gasteiger partial charge in [0.1, 0.15) is 5.82 Å². The molecule has 1 fully saturated rings. The third kappa shape index (κ3) is 2.05. The van der Waals surface area contributed by atoms with Crippen LogP contribution in [0.1, 0.15) is 12.8 Å². The molecule has 0 saturated carbocycles. The summed E-state index contributed by atoms with van der Waals surface area (Å²) in [7, 11) is 0. The predicted molar refractivity (Wildman–Crippen MR) is 53.7 cm³/mol. The van der Waals surface area contributed by atoms with E-state index >= 15 is 0 Å². The first-order valence-corrected chi connectivity index (χ1v) is 4.90. The number of hydrogen-bond donors (Lipinski definition) is 3. The van der Waals surface area contributed by atoms with Crippen LogP contribution in [0.3, 0.4) is 0 Å². The van der Waals surface area contributed by atoms with Crippen LogP contribution in [0.4, 0.5) is 5.82 Å². The summed E-state index contributed by atoms with van der Waals surface area (Å²) in [4.78, 5) is 0. The topological polar surface area (TPSA) is 76.1 Å². The fourth-order valence-corrected chi connectivity index (χ4v) is 1.82. The van der Waals surface area contributed by atoms with E-state index in [9.17, 15) is 5.11 Å². The minimum Gasteiger partial charge on any atom is -0.388 e. The molecule has 1 saturated heterocycles. The highest BCUT2D eigenvalue weighted by Crippen LogP contribution is 2.20. The maximum absolute atomic E-state index is 10.2. The lowest BCUT2D eigenvalue weighted by atomic mass is 9.92. The van der Waals surface area contributed by atoms with E-state index in [1.54, 1.807) is 16.9 Å². The molecule has 2 rings (SSSR count). The fourth-order valence-electron chi connectivity index (χ4n) is 1.82. The molecule has 0 amide bonds. The molecule has 0 aliphatic carbocycles. The highest BCUT2D eigenvalue weighted by atomic mass is 16.3. The lowest BCUT2D eigenvalue weighted by Crippen LogP contribution is -2.44. The molecule has 1 aromatic heterocycles. The second-order valence-electron chi connectivity index (χ2n) is 3.91. The van der Waals surface area contributed by atoms with Gasteiger partial charge in [-0.05, 0) is 32.0 Å². The summed E-state index contributed by atoms with van der Waals surface area (Å²) in [5.41, 5.74) is 4.88. The summed E-state index contributed by atoms with van der Waals surface area (Å²) in [6.45, 7) is 2.27. The number of nitrogens with zero attached hydrogens (tertiary/aromatic N) is 2. The van der Waals surface area contributed by atoms with Crippen LogP contribution in [0.25, 0.3) is 0 Å². The van der Waals surface area contributed by atoms with Crippen LogP contribution in [-0.2, 0) is 6.54 Å². The Morgan fingerprint density at radius 3 is 2.86 bits per heavy atom. The third-order valence-electron chi connectivity index (χ3n) is 2.65. The molecule has 0 atom stereocenters. The van der Waals surface area contributed by atoms with Gasteiger partial charge >= 0.3 is 0 Å². The first-order valence-electron chi connectivity index (χ1n) is 4.90. The van der Waals surface area contributed by atoms with E-state index in [-0.39, 0.29) is 0 Å². The molecule has 78 valence electrons. The zero-order chi connectivity index (χ0) is 10.0. The fraction of sp³-hybridized carbons (Fsp3) is 0.667. The Bertz CT molecular complexity index is 304. The molecule has 0 aromatic carbocycles. The highest BCUT2D eigenvalue weighted by Gasteiger charge is 2.29. The summed E-state index contributed by atoms with van der Waals surface area (Å²) >= 11 is 0. The first kappa shape index (κ1) is 9.48. The smallest absolute Gasteiger partial charge is 0.145 e. The molecule has 1 aliphatic heterocycles. The molecule has 5 heteroatoms. The van der Waals surface area contributed by atoms with E-state index in [0.29, 0.717) is 12.4 Å². The van der Waals surface area contributed by atoms with Crippen molar-refractivity contribution in [2.45, 2.75) is 25.0 Å². The molecular weight excluding hydrogens is 180 g/mol. The molecule has 4 N–H and O–H groups in total. The molecule has 2 heterocycles. The van der Waals surface area contributed by atoms with Gasteiger partial charge in [0.15, 0.2) is 0 Å². The molecule has 0 spiro atoms. The summed E-state index contributed by atoms with van der Waals surface area (Å²) in [6.07, 6.45) is 3.34. The SMILES string of the molecule is Nc1ccn(CC2(O)CCNCC2)n1. The number of piperidine rings is 1. The maximum Gasteiger partial charge on any atom is 0.145 e. The van der Waals surface area contributed by atoms with Crippen LogP contribution >= 0.6 is 0 Å². The van der Waals surface area contributed by atoms with Crippen LogP contribution in [0, 0.1) is 0 Å². The van der Waals surface area contributed by atoms with Crippen molar-refractivity contribution in [3.05, 3.63) is 12.3 Å². The number of hydrogen-bond acceptors (Lipinski definition) is 4. The Morgan fingerprint density at radius 2 is 2.29 bits per heavy atom. The number of aromatic nitrogens is 2. The zero-order valence-electron chi connectivity index (χ0n) is 8.11. The van der Waals surface area contributed by atoms with Crippen LogP contribution in [0.2, 0.25) is 0 Å². The Balaban J connectivity index is 2.01. The van der Waals surface area contributed by atoms with Crippen LogP contribution in [-0.4, -0.2) is 33.6 Å². The number of nitrogens with two attached hydrogens (primary N) is 1. The number of rotatable bonds is 2. The third-order valence-corrected chi connectivity index (χ3v) is 2.65. The molecule has 14 heavy (non-hydrogen) atoms. The van der Waals surface area contributed by atoms with Gasteiger partial charge in [-0.25, -0.2) is 0 Å². The molecule has 0 unspecified atom stereocenters. The van der Waals surface area contributed by atoms with Crippen LogP contribution in [0.15, 0.2) is 12.3 Å². The first-order chi connectivity index (χ1) is 6.68. The van der Waals surface area contributed by atoms with Crippen molar-refractivity contribution in [3.63, 3.8) is 0 Å². The summed E-state index contributed by atoms with van der Waals surface area (Å²) in [6, 6.07) is 1.74. The van der Waals surface area contributed by atoms with E-state index in [1.807, 2.05) is 0 Å². The minimum atomic E-state index is -0.621. The maximum atomic E-state index is 10.2. The number of nitrogens with one attached hydrogen (secondary N) is 1. The van der Waals surface area contributed by atoms with Gasteiger partial charge in [-0.3, -0.25) is 4.68 Å². The van der Waals surface area contributed by atoms with Gasteiger partial charge in [0, 0.05) is 6.20 Å². The van der Waals surface area contributed by atoms with Crippen molar-refractivity contribution >= 4 is 5.82 Å². The lowest BCUT2D eigenvalue weighted by molar-refractivity contribution is -0.00814. The molecular formula is C9H16N4O. The van der Waals surface area contributed by atoms with E-state index in [4.69, 9.17) is 5.73 Å². The van der Waals surface area contributed by atoms with Crippen molar-refractivity contribution < 1.29 is 5.11 Å². The average molecular weight is 196 g/mol. The van der Waals surface area contributed by atoms with Crippen molar-refractivity contribution in [3.8, 4) is 0 Å². The quantitative estimate of drug-likeness (QED) is 0.600. The van der Waals surface area contributed by atoms with Gasteiger partial charge in [-0.1, -0.05) is 0 Å². The Morgan fingerprint density at radius 1 is 1.57 bits per heavy atom. The van der Waals surface area contributed by atoms with Crippen molar-refractivity contribution in [2.75, 3.05) is 18.8 Å². The minimum absolute atomic E-state index is 0.502. The lowest BCUT2D eigenvalue weighted by Gasteiger charge is -2.32. The molecule has 0 bridgehead atoms. The Labute approximate surface area is 82.9 Å². The van der Waals surface area contributed by atoms with E-state index in [0.717, 1.165) is 25.9 Å². The molecule has 1 aromatic rings. The molecule has 0 radical (unpaired) electrons. The van der Waals surface area contributed by atoms with Gasteiger partial charge in [0.05, 0.1) is 12.1 Å². The number of aliphatic hydroxyl groups is 1. The summed E-state index contributed by atoms with van der Waals surface area (Å²) in [5, 5.41) is 17.5. The largest absolute Gasteiger partial charge is 0.388 e. The van der Waals surface area contributed by atoms with Crippen LogP contribution < -0.4 is 11.1 Å². The predicted octanol–water partition coefficient (Wildman–Crippen LogP) is -0.420. The summed E-state index contributed by atoms with van der Waals surface area (Å²) < 4.78 is 1.71. The van der Waals surface area contributed by atoms with Gasteiger partial charge < -0.3 is 16.2 Å². The monoisotopic (exact) mass is 196 g/mol. The highest BCUT2D eigenvalue weighted by molar-refractivity contribution is 5.23. The van der Waals surface area contributed by atoms with Gasteiger partial charge in [-0.15, -0.1) is 0 Å². The van der Waals surface area contributed by atoms with Gasteiger partial charge in [0.2, 0.25) is 0 Å². The zero-order valence-corrected chi connectivity index (χ0v) is 8.11. The number of anilines is 1. The van der Waals surface area contributed by atoms with Crippen LogP contribution in [0.5, 0.6) is 0 Å². The van der Waals surface area contributed by atoms with Gasteiger partial charge in [0.25, 0.3) is 0 Å². The normalized spacial score (nSPS) is 20.9. The van der Waals surface area contributed by atoms with E-state index in [1.165, 1.54) is 0 Å². The van der Waals surface area contributed by atoms with Crippen molar-refractivity contribution in [2.24, 2.45) is 0 Å². The van der Waals surface area contributed by atoms with Crippen molar-refractivity contribution in [1.82, 2.24) is 15.1 Å². The number of nitrogen functional groups attached to an aromatic ring is 1. The molecule has 5 nitrogen and oxygen atoms in total. The van der Waals surface area contributed by atoms with Crippen molar-refractivity contribution in [1.29, 1.82) is 0 Å². The molecule has 1 aliphatic rings. The Hall–Kier alpha value is -1.07. The van der Waals surface area contributed by atoms with E-state index < -0.39 is 5.60 Å². The summed E-state index contributed by atoms with van der Waals surface area (Å²) in [5.74, 6) is 0.502. The second-order valence-corrected chi connectivity index (χ2v) is 3.91. The van der Waals surface area contributed by atoms with E-state index in [2.05, 4.69) is 10.4 Å². The Kier molecular flexibility index (Phi) is 2.43. The average Bonchev–Trinajstić information content (AvgIpc) is 2.51. The second kappa shape index (κ2) is 3.59. The standard InChI is InChI=1S/C9H16N4O/c10-8-1-6-13(12-8)7-9(14)2-4-11-5-3-9/h1,6,11,14H,2-5,7H2,(H2,10,12). The van der Waals surface area contributed by atoms with Gasteiger partial charge in [-0.2, -0.15) is 5.10 Å².